The normalized spacial score (nSPS) is 24.1. The number of aliphatic hydroxyl groups excluding tert-OH is 1. The average molecular weight is 216 g/mol. The number of aryl methyl sites for hydroxylation is 3. The van der Waals surface area contributed by atoms with Gasteiger partial charge in [-0.15, -0.1) is 0 Å². The van der Waals surface area contributed by atoms with Gasteiger partial charge in [0.25, 0.3) is 0 Å². The molecule has 84 valence electrons. The van der Waals surface area contributed by atoms with Crippen molar-refractivity contribution in [2.24, 2.45) is 0 Å². The highest BCUT2D eigenvalue weighted by Gasteiger charge is 2.32. The number of rotatable bonds is 1. The topological polar surface area (TPSA) is 37.3 Å². The van der Waals surface area contributed by atoms with Crippen molar-refractivity contribution in [1.29, 1.82) is 0 Å². The molecule has 0 saturated heterocycles. The van der Waals surface area contributed by atoms with E-state index in [2.05, 4.69) is 12.1 Å². The molecular formula is C14H16O2. The average Bonchev–Trinajstić information content (AvgIpc) is 2.47. The molecule has 16 heavy (non-hydrogen) atoms. The molecule has 0 bridgehead atoms. The molecule has 1 N–H and O–H groups in total. The first-order valence-corrected chi connectivity index (χ1v) is 5.48. The van der Waals surface area contributed by atoms with Crippen molar-refractivity contribution in [3.8, 4) is 0 Å². The smallest absolute Gasteiger partial charge is 0.165 e. The van der Waals surface area contributed by atoms with Crippen molar-refractivity contribution in [3.05, 3.63) is 46.5 Å². The van der Waals surface area contributed by atoms with Crippen molar-refractivity contribution in [1.82, 2.24) is 0 Å². The maximum atomic E-state index is 11.7. The first-order valence-electron chi connectivity index (χ1n) is 5.48. The summed E-state index contributed by atoms with van der Waals surface area (Å²) < 4.78 is 0. The van der Waals surface area contributed by atoms with Crippen LogP contribution >= 0.6 is 0 Å². The number of ketones is 1. The van der Waals surface area contributed by atoms with Crippen LogP contribution in [-0.4, -0.2) is 17.0 Å². The number of hydrogen-bond donors (Lipinski definition) is 1. The molecule has 2 rings (SSSR count). The third-order valence-electron chi connectivity index (χ3n) is 3.15. The first-order chi connectivity index (χ1) is 7.50. The Balaban J connectivity index is 2.53. The van der Waals surface area contributed by atoms with E-state index in [9.17, 15) is 9.90 Å². The summed E-state index contributed by atoms with van der Waals surface area (Å²) in [6.45, 7) is 6.02. The molecule has 2 nitrogen and oxygen atoms in total. The predicted molar refractivity (Wildman–Crippen MR) is 63.5 cm³/mol. The lowest BCUT2D eigenvalue weighted by Gasteiger charge is -2.19. The predicted octanol–water partition coefficient (Wildman–Crippen LogP) is 2.20. The van der Waals surface area contributed by atoms with Crippen LogP contribution in [0.2, 0.25) is 0 Å². The zero-order chi connectivity index (χ0) is 11.9. The van der Waals surface area contributed by atoms with Crippen LogP contribution in [0.4, 0.5) is 0 Å². The van der Waals surface area contributed by atoms with Crippen LogP contribution in [0, 0.1) is 20.8 Å². The van der Waals surface area contributed by atoms with Gasteiger partial charge in [0.15, 0.2) is 5.78 Å². The summed E-state index contributed by atoms with van der Waals surface area (Å²) in [6.07, 6.45) is 2.38. The minimum atomic E-state index is -0.674. The van der Waals surface area contributed by atoms with Gasteiger partial charge in [-0.3, -0.25) is 4.79 Å². The van der Waals surface area contributed by atoms with Gasteiger partial charge < -0.3 is 5.11 Å². The standard InChI is InChI=1S/C14H16O2/c1-8-6-9(2)13(10(3)7-8)14-11(15)4-5-12(14)16/h4-7,11,14-15H,1-3H3. The highest BCUT2D eigenvalue weighted by molar-refractivity contribution is 5.99. The van der Waals surface area contributed by atoms with Crippen LogP contribution in [0.3, 0.4) is 0 Å². The lowest BCUT2D eigenvalue weighted by Crippen LogP contribution is -2.20. The van der Waals surface area contributed by atoms with Crippen LogP contribution in [0.25, 0.3) is 0 Å². The summed E-state index contributed by atoms with van der Waals surface area (Å²) in [5.74, 6) is -0.400. The van der Waals surface area contributed by atoms with E-state index in [0.29, 0.717) is 0 Å². The van der Waals surface area contributed by atoms with Crippen LogP contribution < -0.4 is 0 Å². The van der Waals surface area contributed by atoms with Gasteiger partial charge in [0.1, 0.15) is 0 Å². The number of carbonyl (C=O) groups is 1. The van der Waals surface area contributed by atoms with E-state index in [1.807, 2.05) is 20.8 Å². The Morgan fingerprint density at radius 1 is 1.12 bits per heavy atom. The summed E-state index contributed by atoms with van der Waals surface area (Å²) in [5.41, 5.74) is 4.33. The fourth-order valence-corrected chi connectivity index (χ4v) is 2.57. The summed E-state index contributed by atoms with van der Waals surface area (Å²) in [7, 11) is 0. The molecule has 0 aromatic heterocycles. The summed E-state index contributed by atoms with van der Waals surface area (Å²) in [5, 5.41) is 9.82. The molecule has 0 radical (unpaired) electrons. The van der Waals surface area contributed by atoms with Gasteiger partial charge in [-0.25, -0.2) is 0 Å². The quantitative estimate of drug-likeness (QED) is 0.781. The minimum Gasteiger partial charge on any atom is -0.388 e. The molecule has 0 aliphatic heterocycles. The lowest BCUT2D eigenvalue weighted by molar-refractivity contribution is -0.116. The molecule has 1 aromatic carbocycles. The van der Waals surface area contributed by atoms with Gasteiger partial charge in [-0.1, -0.05) is 23.8 Å². The van der Waals surface area contributed by atoms with Crippen molar-refractivity contribution in [2.75, 3.05) is 0 Å². The molecule has 0 amide bonds. The van der Waals surface area contributed by atoms with E-state index in [1.165, 1.54) is 11.6 Å². The molecule has 2 heteroatoms. The Bertz CT molecular complexity index is 449. The third kappa shape index (κ3) is 1.69. The third-order valence-corrected chi connectivity index (χ3v) is 3.15. The number of hydrogen-bond acceptors (Lipinski definition) is 2. The Labute approximate surface area is 95.6 Å². The molecule has 0 saturated carbocycles. The second kappa shape index (κ2) is 3.87. The monoisotopic (exact) mass is 216 g/mol. The molecule has 1 aliphatic carbocycles. The van der Waals surface area contributed by atoms with Gasteiger partial charge in [0.05, 0.1) is 12.0 Å². The fourth-order valence-electron chi connectivity index (χ4n) is 2.57. The molecular weight excluding hydrogens is 200 g/mol. The summed E-state index contributed by atoms with van der Waals surface area (Å²) in [4.78, 5) is 11.7. The first kappa shape index (κ1) is 11.1. The number of carbonyl (C=O) groups excluding carboxylic acids is 1. The van der Waals surface area contributed by atoms with Crippen molar-refractivity contribution in [2.45, 2.75) is 32.8 Å². The van der Waals surface area contributed by atoms with Gasteiger partial charge in [0.2, 0.25) is 0 Å². The zero-order valence-electron chi connectivity index (χ0n) is 9.82. The highest BCUT2D eigenvalue weighted by atomic mass is 16.3. The van der Waals surface area contributed by atoms with Crippen molar-refractivity contribution < 1.29 is 9.90 Å². The van der Waals surface area contributed by atoms with Crippen LogP contribution in [-0.2, 0) is 4.79 Å². The largest absolute Gasteiger partial charge is 0.388 e. The number of benzene rings is 1. The van der Waals surface area contributed by atoms with Crippen molar-refractivity contribution in [3.63, 3.8) is 0 Å². The molecule has 0 fully saturated rings. The number of allylic oxidation sites excluding steroid dienone is 1. The second-order valence-electron chi connectivity index (χ2n) is 4.54. The van der Waals surface area contributed by atoms with Crippen molar-refractivity contribution >= 4 is 5.78 Å². The molecule has 2 atom stereocenters. The van der Waals surface area contributed by atoms with Gasteiger partial charge in [-0.05, 0) is 43.5 Å². The second-order valence-corrected chi connectivity index (χ2v) is 4.54. The molecule has 0 spiro atoms. The Morgan fingerprint density at radius 3 is 2.12 bits per heavy atom. The summed E-state index contributed by atoms with van der Waals surface area (Å²) >= 11 is 0. The maximum Gasteiger partial charge on any atom is 0.165 e. The number of aliphatic hydroxyl groups is 1. The molecule has 1 aromatic rings. The molecule has 2 unspecified atom stereocenters. The highest BCUT2D eigenvalue weighted by Crippen LogP contribution is 2.32. The fraction of sp³-hybridized carbons (Fsp3) is 0.357. The molecule has 0 heterocycles. The Hall–Kier alpha value is -1.41. The van der Waals surface area contributed by atoms with E-state index in [4.69, 9.17) is 0 Å². The van der Waals surface area contributed by atoms with E-state index in [1.54, 1.807) is 6.08 Å². The maximum absolute atomic E-state index is 11.7. The Kier molecular flexibility index (Phi) is 2.68. The van der Waals surface area contributed by atoms with Crippen LogP contribution in [0.1, 0.15) is 28.2 Å². The lowest BCUT2D eigenvalue weighted by atomic mass is 9.86. The van der Waals surface area contributed by atoms with Gasteiger partial charge in [-0.2, -0.15) is 0 Å². The minimum absolute atomic E-state index is 0.00236. The van der Waals surface area contributed by atoms with Crippen LogP contribution in [0.15, 0.2) is 24.3 Å². The molecule has 1 aliphatic rings. The van der Waals surface area contributed by atoms with Gasteiger partial charge >= 0.3 is 0 Å². The Morgan fingerprint density at radius 2 is 1.69 bits per heavy atom. The SMILES string of the molecule is Cc1cc(C)c(C2C(=O)C=CC2O)c(C)c1. The van der Waals surface area contributed by atoms with Crippen LogP contribution in [0.5, 0.6) is 0 Å². The van der Waals surface area contributed by atoms with E-state index < -0.39 is 12.0 Å². The zero-order valence-corrected chi connectivity index (χ0v) is 9.82. The van der Waals surface area contributed by atoms with Gasteiger partial charge in [0, 0.05) is 0 Å². The van der Waals surface area contributed by atoms with E-state index in [-0.39, 0.29) is 5.78 Å². The summed E-state index contributed by atoms with van der Waals surface area (Å²) in [6, 6.07) is 4.11. The van der Waals surface area contributed by atoms with E-state index in [0.717, 1.165) is 16.7 Å². The van der Waals surface area contributed by atoms with E-state index >= 15 is 0 Å².